The summed E-state index contributed by atoms with van der Waals surface area (Å²) in [7, 11) is 0. The fourth-order valence-corrected chi connectivity index (χ4v) is 2.91. The predicted octanol–water partition coefficient (Wildman–Crippen LogP) is 5.20. The van der Waals surface area contributed by atoms with Crippen molar-refractivity contribution in [1.82, 2.24) is 4.98 Å². The first-order valence-corrected chi connectivity index (χ1v) is 9.34. The van der Waals surface area contributed by atoms with Gasteiger partial charge in [-0.3, -0.25) is 9.78 Å². The Bertz CT molecular complexity index is 988. The zero-order chi connectivity index (χ0) is 20.8. The van der Waals surface area contributed by atoms with E-state index in [0.29, 0.717) is 17.1 Å². The molecule has 2 N–H and O–H groups in total. The Balaban J connectivity index is 1.69. The topological polar surface area (TPSA) is 57.3 Å². The molecule has 1 heterocycles. The second-order valence-electron chi connectivity index (χ2n) is 6.36. The van der Waals surface area contributed by atoms with Crippen LogP contribution < -0.4 is 15.5 Å². The first-order valence-electron chi connectivity index (χ1n) is 9.34. The molecule has 3 rings (SSSR count). The van der Waals surface area contributed by atoms with Crippen molar-refractivity contribution in [3.05, 3.63) is 78.1 Å². The molecule has 1 aromatic heterocycles. The summed E-state index contributed by atoms with van der Waals surface area (Å²) in [5.41, 5.74) is 2.85. The van der Waals surface area contributed by atoms with E-state index in [4.69, 9.17) is 0 Å². The third kappa shape index (κ3) is 5.07. The molecule has 7 heteroatoms. The van der Waals surface area contributed by atoms with Crippen molar-refractivity contribution in [2.24, 2.45) is 0 Å². The Labute approximate surface area is 168 Å². The van der Waals surface area contributed by atoms with Gasteiger partial charge in [-0.1, -0.05) is 0 Å². The van der Waals surface area contributed by atoms with E-state index in [1.165, 1.54) is 12.3 Å². The summed E-state index contributed by atoms with van der Waals surface area (Å²) in [6, 6.07) is 14.3. The van der Waals surface area contributed by atoms with Crippen molar-refractivity contribution in [3.63, 3.8) is 0 Å². The number of carbonyl (C=O) groups is 1. The maximum Gasteiger partial charge on any atom is 0.274 e. The molecule has 0 aliphatic rings. The van der Waals surface area contributed by atoms with Crippen LogP contribution in [-0.2, 0) is 0 Å². The van der Waals surface area contributed by atoms with Gasteiger partial charge in [0.1, 0.15) is 5.69 Å². The summed E-state index contributed by atoms with van der Waals surface area (Å²) in [6.45, 7) is 5.99. The molecule has 0 bridgehead atoms. The van der Waals surface area contributed by atoms with E-state index in [2.05, 4.69) is 34.4 Å². The van der Waals surface area contributed by atoms with Gasteiger partial charge >= 0.3 is 0 Å². The van der Waals surface area contributed by atoms with Gasteiger partial charge in [-0.2, -0.15) is 0 Å². The van der Waals surface area contributed by atoms with Crippen molar-refractivity contribution in [1.29, 1.82) is 0 Å². The molecule has 1 amide bonds. The average molecular weight is 396 g/mol. The van der Waals surface area contributed by atoms with Crippen LogP contribution in [0.2, 0.25) is 0 Å². The first kappa shape index (κ1) is 20.3. The van der Waals surface area contributed by atoms with Gasteiger partial charge in [0.25, 0.3) is 5.91 Å². The van der Waals surface area contributed by atoms with E-state index in [1.54, 1.807) is 12.1 Å². The molecule has 150 valence electrons. The molecular formula is C22H22F2N4O. The average Bonchev–Trinajstić information content (AvgIpc) is 2.73. The Hall–Kier alpha value is -3.48. The number of benzene rings is 2. The van der Waals surface area contributed by atoms with E-state index in [-0.39, 0.29) is 11.6 Å². The predicted molar refractivity (Wildman–Crippen MR) is 112 cm³/mol. The van der Waals surface area contributed by atoms with Crippen LogP contribution in [0.15, 0.2) is 60.8 Å². The van der Waals surface area contributed by atoms with Gasteiger partial charge in [0.2, 0.25) is 0 Å². The molecule has 5 nitrogen and oxygen atoms in total. The second kappa shape index (κ2) is 9.14. The lowest BCUT2D eigenvalue weighted by Gasteiger charge is -2.21. The third-order valence-electron chi connectivity index (χ3n) is 4.45. The van der Waals surface area contributed by atoms with Crippen LogP contribution in [-0.4, -0.2) is 24.0 Å². The highest BCUT2D eigenvalue weighted by atomic mass is 19.2. The molecule has 0 aliphatic carbocycles. The van der Waals surface area contributed by atoms with Crippen LogP contribution in [0.5, 0.6) is 0 Å². The highest BCUT2D eigenvalue weighted by molar-refractivity contribution is 6.03. The SMILES string of the molecule is CCN(CC)c1ccc(NC(=O)c2cc(Nc3ccc(F)c(F)c3)ccn2)cc1. The molecule has 0 fully saturated rings. The number of nitrogens with one attached hydrogen (secondary N) is 2. The van der Waals surface area contributed by atoms with E-state index in [1.807, 2.05) is 24.3 Å². The first-order chi connectivity index (χ1) is 14.0. The van der Waals surface area contributed by atoms with Crippen LogP contribution in [0.4, 0.5) is 31.5 Å². The standard InChI is InChI=1S/C22H22F2N4O/c1-3-28(4-2)18-8-5-15(6-9-18)27-22(29)21-14-17(11-12-25-21)26-16-7-10-19(23)20(24)13-16/h5-14H,3-4H2,1-2H3,(H,25,26)(H,27,29). The summed E-state index contributed by atoms with van der Waals surface area (Å²) < 4.78 is 26.4. The van der Waals surface area contributed by atoms with Crippen LogP contribution in [0.25, 0.3) is 0 Å². The summed E-state index contributed by atoms with van der Waals surface area (Å²) >= 11 is 0. The molecule has 0 aliphatic heterocycles. The van der Waals surface area contributed by atoms with Crippen molar-refractivity contribution in [3.8, 4) is 0 Å². The Kier molecular flexibility index (Phi) is 6.39. The van der Waals surface area contributed by atoms with Gasteiger partial charge in [-0.05, 0) is 62.4 Å². The van der Waals surface area contributed by atoms with Crippen LogP contribution in [0.3, 0.4) is 0 Å². The fourth-order valence-electron chi connectivity index (χ4n) is 2.91. The summed E-state index contributed by atoms with van der Waals surface area (Å²) in [5, 5.41) is 5.74. The van der Waals surface area contributed by atoms with E-state index in [0.717, 1.165) is 30.9 Å². The van der Waals surface area contributed by atoms with Gasteiger partial charge in [-0.15, -0.1) is 0 Å². The van der Waals surface area contributed by atoms with Crippen molar-refractivity contribution in [2.45, 2.75) is 13.8 Å². The lowest BCUT2D eigenvalue weighted by atomic mass is 10.2. The highest BCUT2D eigenvalue weighted by Gasteiger charge is 2.10. The van der Waals surface area contributed by atoms with Crippen molar-refractivity contribution < 1.29 is 13.6 Å². The van der Waals surface area contributed by atoms with Gasteiger partial charge < -0.3 is 15.5 Å². The molecular weight excluding hydrogens is 374 g/mol. The summed E-state index contributed by atoms with van der Waals surface area (Å²) in [4.78, 5) is 18.8. The molecule has 0 radical (unpaired) electrons. The molecule has 3 aromatic rings. The normalized spacial score (nSPS) is 10.5. The van der Waals surface area contributed by atoms with Crippen molar-refractivity contribution >= 4 is 28.7 Å². The number of aromatic nitrogens is 1. The van der Waals surface area contributed by atoms with Crippen LogP contribution in [0, 0.1) is 11.6 Å². The number of pyridine rings is 1. The van der Waals surface area contributed by atoms with Gasteiger partial charge in [0.15, 0.2) is 11.6 Å². The number of hydrogen-bond acceptors (Lipinski definition) is 4. The summed E-state index contributed by atoms with van der Waals surface area (Å²) in [6.07, 6.45) is 1.47. The number of rotatable bonds is 7. The lowest BCUT2D eigenvalue weighted by Crippen LogP contribution is -2.21. The highest BCUT2D eigenvalue weighted by Crippen LogP contribution is 2.21. The molecule has 0 spiro atoms. The number of halogens is 2. The minimum Gasteiger partial charge on any atom is -0.372 e. The number of nitrogens with zero attached hydrogens (tertiary/aromatic N) is 2. The third-order valence-corrected chi connectivity index (χ3v) is 4.45. The molecule has 2 aromatic carbocycles. The zero-order valence-corrected chi connectivity index (χ0v) is 16.2. The molecule has 0 saturated heterocycles. The van der Waals surface area contributed by atoms with E-state index >= 15 is 0 Å². The maximum atomic E-state index is 13.4. The fraction of sp³-hybridized carbons (Fsp3) is 0.182. The monoisotopic (exact) mass is 396 g/mol. The Morgan fingerprint density at radius 1 is 0.897 bits per heavy atom. The van der Waals surface area contributed by atoms with Crippen molar-refractivity contribution in [2.75, 3.05) is 28.6 Å². The van der Waals surface area contributed by atoms with Gasteiger partial charge in [0, 0.05) is 48.1 Å². The minimum atomic E-state index is -0.949. The largest absolute Gasteiger partial charge is 0.372 e. The Morgan fingerprint density at radius 3 is 2.21 bits per heavy atom. The number of anilines is 4. The molecule has 0 atom stereocenters. The Morgan fingerprint density at radius 2 is 1.55 bits per heavy atom. The maximum absolute atomic E-state index is 13.4. The van der Waals surface area contributed by atoms with E-state index in [9.17, 15) is 13.6 Å². The molecule has 29 heavy (non-hydrogen) atoms. The zero-order valence-electron chi connectivity index (χ0n) is 16.2. The number of carbonyl (C=O) groups excluding carboxylic acids is 1. The minimum absolute atomic E-state index is 0.199. The van der Waals surface area contributed by atoms with Gasteiger partial charge in [0.05, 0.1) is 0 Å². The molecule has 0 unspecified atom stereocenters. The number of amides is 1. The summed E-state index contributed by atoms with van der Waals surface area (Å²) in [5.74, 6) is -2.23. The quantitative estimate of drug-likeness (QED) is 0.576. The second-order valence-corrected chi connectivity index (χ2v) is 6.36. The molecule has 0 saturated carbocycles. The number of hydrogen-bond donors (Lipinski definition) is 2. The van der Waals surface area contributed by atoms with Gasteiger partial charge in [-0.25, -0.2) is 8.78 Å². The van der Waals surface area contributed by atoms with Crippen LogP contribution >= 0.6 is 0 Å². The van der Waals surface area contributed by atoms with E-state index < -0.39 is 11.6 Å². The smallest absolute Gasteiger partial charge is 0.274 e. The lowest BCUT2D eigenvalue weighted by molar-refractivity contribution is 0.102. The van der Waals surface area contributed by atoms with Crippen LogP contribution in [0.1, 0.15) is 24.3 Å².